The Labute approximate surface area is 183 Å². The van der Waals surface area contributed by atoms with Crippen molar-refractivity contribution in [1.82, 2.24) is 14.5 Å². The lowest BCUT2D eigenvalue weighted by Gasteiger charge is -2.10. The van der Waals surface area contributed by atoms with Crippen LogP contribution in [-0.2, 0) is 21.2 Å². The third kappa shape index (κ3) is 5.59. The van der Waals surface area contributed by atoms with E-state index in [2.05, 4.69) is 15.1 Å². The smallest absolute Gasteiger partial charge is 0.240 e. The highest BCUT2D eigenvalue weighted by atomic mass is 32.2. The lowest BCUT2D eigenvalue weighted by Crippen LogP contribution is -2.25. The molecule has 3 aromatic rings. The fourth-order valence-electron chi connectivity index (χ4n) is 3.32. The first-order valence-electron chi connectivity index (χ1n) is 10.3. The molecule has 1 heterocycles. The van der Waals surface area contributed by atoms with E-state index in [-0.39, 0.29) is 17.2 Å². The van der Waals surface area contributed by atoms with Crippen molar-refractivity contribution in [3.63, 3.8) is 0 Å². The number of aromatic nitrogens is 2. The molecule has 0 unspecified atom stereocenters. The van der Waals surface area contributed by atoms with E-state index in [9.17, 15) is 13.2 Å². The molecule has 0 spiro atoms. The number of carbonyl (C=O) groups is 1. The quantitative estimate of drug-likeness (QED) is 0.496. The summed E-state index contributed by atoms with van der Waals surface area (Å²) in [4.78, 5) is 12.8. The van der Waals surface area contributed by atoms with Gasteiger partial charge in [-0.2, -0.15) is 5.10 Å². The first-order valence-corrected chi connectivity index (χ1v) is 11.8. The summed E-state index contributed by atoms with van der Waals surface area (Å²) in [6.07, 6.45) is 1.82. The monoisotopic (exact) mass is 440 g/mol. The third-order valence-electron chi connectivity index (χ3n) is 5.03. The van der Waals surface area contributed by atoms with Crippen molar-refractivity contribution in [3.8, 4) is 5.69 Å². The Hall–Kier alpha value is -2.97. The second-order valence-electron chi connectivity index (χ2n) is 7.40. The van der Waals surface area contributed by atoms with E-state index in [0.29, 0.717) is 12.2 Å². The summed E-state index contributed by atoms with van der Waals surface area (Å²) in [5.41, 5.74) is 3.91. The molecule has 1 amide bonds. The molecule has 3 rings (SSSR count). The van der Waals surface area contributed by atoms with Crippen LogP contribution in [0.5, 0.6) is 0 Å². The van der Waals surface area contributed by atoms with Crippen LogP contribution in [0.3, 0.4) is 0 Å². The maximum atomic E-state index is 12.7. The Kier molecular flexibility index (Phi) is 7.25. The van der Waals surface area contributed by atoms with Gasteiger partial charge in [-0.3, -0.25) is 4.79 Å². The zero-order valence-corrected chi connectivity index (χ0v) is 18.9. The standard InChI is InChI=1S/C23H28N4O3S/c1-4-5-14-24-31(29,30)21-13-9-10-19(15-21)25-23(28)16-22-17(2)26-27(18(22)3)20-11-7-6-8-12-20/h6-13,15,24H,4-5,14,16H2,1-3H3,(H,25,28). The van der Waals surface area contributed by atoms with Gasteiger partial charge < -0.3 is 5.32 Å². The lowest BCUT2D eigenvalue weighted by molar-refractivity contribution is -0.115. The number of nitrogens with one attached hydrogen (secondary N) is 2. The van der Waals surface area contributed by atoms with Gasteiger partial charge in [-0.05, 0) is 50.6 Å². The molecule has 0 radical (unpaired) electrons. The number of sulfonamides is 1. The van der Waals surface area contributed by atoms with Crippen LogP contribution >= 0.6 is 0 Å². The number of benzene rings is 2. The molecule has 0 aliphatic carbocycles. The fraction of sp³-hybridized carbons (Fsp3) is 0.304. The van der Waals surface area contributed by atoms with Gasteiger partial charge in [0.1, 0.15) is 0 Å². The van der Waals surface area contributed by atoms with Crippen molar-refractivity contribution in [2.45, 2.75) is 44.9 Å². The van der Waals surface area contributed by atoms with E-state index in [4.69, 9.17) is 0 Å². The van der Waals surface area contributed by atoms with Crippen molar-refractivity contribution in [2.24, 2.45) is 0 Å². The molecule has 7 nitrogen and oxygen atoms in total. The van der Waals surface area contributed by atoms with Crippen molar-refractivity contribution in [2.75, 3.05) is 11.9 Å². The summed E-state index contributed by atoms with van der Waals surface area (Å²) >= 11 is 0. The molecule has 1 aromatic heterocycles. The van der Waals surface area contributed by atoms with Crippen LogP contribution in [-0.4, -0.2) is 30.7 Å². The molecule has 0 aliphatic rings. The molecule has 164 valence electrons. The summed E-state index contributed by atoms with van der Waals surface area (Å²) in [7, 11) is -3.61. The number of carbonyl (C=O) groups excluding carboxylic acids is 1. The third-order valence-corrected chi connectivity index (χ3v) is 6.49. The fourth-order valence-corrected chi connectivity index (χ4v) is 4.44. The van der Waals surface area contributed by atoms with E-state index < -0.39 is 10.0 Å². The van der Waals surface area contributed by atoms with E-state index >= 15 is 0 Å². The molecule has 31 heavy (non-hydrogen) atoms. The Morgan fingerprint density at radius 1 is 1.06 bits per heavy atom. The normalized spacial score (nSPS) is 11.5. The number of anilines is 1. The highest BCUT2D eigenvalue weighted by Gasteiger charge is 2.17. The van der Waals surface area contributed by atoms with Gasteiger partial charge in [-0.15, -0.1) is 0 Å². The number of hydrogen-bond donors (Lipinski definition) is 2. The Morgan fingerprint density at radius 3 is 2.52 bits per heavy atom. The first kappa shape index (κ1) is 22.7. The van der Waals surface area contributed by atoms with Crippen LogP contribution < -0.4 is 10.0 Å². The van der Waals surface area contributed by atoms with Crippen LogP contribution in [0.15, 0.2) is 59.5 Å². The van der Waals surface area contributed by atoms with Gasteiger partial charge in [-0.25, -0.2) is 17.8 Å². The van der Waals surface area contributed by atoms with E-state index in [1.165, 1.54) is 12.1 Å². The average molecular weight is 441 g/mol. The maximum Gasteiger partial charge on any atom is 0.240 e. The predicted molar refractivity (Wildman–Crippen MR) is 122 cm³/mol. The summed E-state index contributed by atoms with van der Waals surface area (Å²) in [5, 5.41) is 7.38. The Bertz CT molecular complexity index is 1150. The van der Waals surface area contributed by atoms with Crippen LogP contribution in [0.2, 0.25) is 0 Å². The van der Waals surface area contributed by atoms with Gasteiger partial charge >= 0.3 is 0 Å². The minimum absolute atomic E-state index is 0.130. The molecule has 0 bridgehead atoms. The number of nitrogens with zero attached hydrogens (tertiary/aromatic N) is 2. The predicted octanol–water partition coefficient (Wildman–Crippen LogP) is 3.75. The number of para-hydroxylation sites is 1. The molecular formula is C23H28N4O3S. The van der Waals surface area contributed by atoms with Crippen LogP contribution in [0.25, 0.3) is 5.69 Å². The highest BCUT2D eigenvalue weighted by molar-refractivity contribution is 7.89. The van der Waals surface area contributed by atoms with Gasteiger partial charge in [0.25, 0.3) is 0 Å². The second kappa shape index (κ2) is 9.89. The minimum atomic E-state index is -3.61. The molecule has 2 aromatic carbocycles. The van der Waals surface area contributed by atoms with Gasteiger partial charge in [0.15, 0.2) is 0 Å². The van der Waals surface area contributed by atoms with Crippen molar-refractivity contribution < 1.29 is 13.2 Å². The van der Waals surface area contributed by atoms with Crippen LogP contribution in [0, 0.1) is 13.8 Å². The topological polar surface area (TPSA) is 93.1 Å². The lowest BCUT2D eigenvalue weighted by atomic mass is 10.1. The largest absolute Gasteiger partial charge is 0.326 e. The Morgan fingerprint density at radius 2 is 1.81 bits per heavy atom. The van der Waals surface area contributed by atoms with E-state index in [0.717, 1.165) is 35.5 Å². The Balaban J connectivity index is 1.73. The summed E-state index contributed by atoms with van der Waals surface area (Å²) in [5.74, 6) is -0.229. The van der Waals surface area contributed by atoms with Crippen molar-refractivity contribution in [3.05, 3.63) is 71.5 Å². The summed E-state index contributed by atoms with van der Waals surface area (Å²) < 4.78 is 29.3. The van der Waals surface area contributed by atoms with E-state index in [1.54, 1.807) is 12.1 Å². The molecule has 0 aliphatic heterocycles. The molecule has 2 N–H and O–H groups in total. The summed E-state index contributed by atoms with van der Waals surface area (Å²) in [6, 6.07) is 16.0. The number of amides is 1. The molecular weight excluding hydrogens is 412 g/mol. The van der Waals surface area contributed by atoms with Gasteiger partial charge in [0, 0.05) is 23.5 Å². The first-order chi connectivity index (χ1) is 14.8. The van der Waals surface area contributed by atoms with Crippen LogP contribution in [0.4, 0.5) is 5.69 Å². The second-order valence-corrected chi connectivity index (χ2v) is 9.17. The average Bonchev–Trinajstić information content (AvgIpc) is 3.03. The maximum absolute atomic E-state index is 12.7. The zero-order chi connectivity index (χ0) is 22.4. The number of aryl methyl sites for hydroxylation is 1. The number of hydrogen-bond acceptors (Lipinski definition) is 4. The highest BCUT2D eigenvalue weighted by Crippen LogP contribution is 2.20. The molecule has 8 heteroatoms. The molecule has 0 atom stereocenters. The summed E-state index contributed by atoms with van der Waals surface area (Å²) in [6.45, 7) is 6.20. The SMILES string of the molecule is CCCCNS(=O)(=O)c1cccc(NC(=O)Cc2c(C)nn(-c3ccccc3)c2C)c1. The minimum Gasteiger partial charge on any atom is -0.326 e. The van der Waals surface area contributed by atoms with Crippen molar-refractivity contribution in [1.29, 1.82) is 0 Å². The van der Waals surface area contributed by atoms with Crippen molar-refractivity contribution >= 4 is 21.6 Å². The molecule has 0 saturated carbocycles. The van der Waals surface area contributed by atoms with Gasteiger partial charge in [0.2, 0.25) is 15.9 Å². The zero-order valence-electron chi connectivity index (χ0n) is 18.1. The molecule has 0 saturated heterocycles. The van der Waals surface area contributed by atoms with Gasteiger partial charge in [0.05, 0.1) is 22.7 Å². The van der Waals surface area contributed by atoms with E-state index in [1.807, 2.05) is 55.8 Å². The molecule has 0 fully saturated rings. The van der Waals surface area contributed by atoms with Crippen LogP contribution in [0.1, 0.15) is 36.7 Å². The van der Waals surface area contributed by atoms with Gasteiger partial charge in [-0.1, -0.05) is 37.6 Å². The number of unbranched alkanes of at least 4 members (excludes halogenated alkanes) is 1. The number of rotatable bonds is 9.